The number of ether oxygens (including phenoxy) is 2. The second-order valence-electron chi connectivity index (χ2n) is 6.54. The number of carbonyl (C=O) groups is 1. The number of hydrogen-bond donors (Lipinski definition) is 0. The number of amides is 2. The second kappa shape index (κ2) is 8.24. The lowest BCUT2D eigenvalue weighted by Gasteiger charge is -2.34. The van der Waals surface area contributed by atoms with Gasteiger partial charge in [0, 0.05) is 16.8 Å². The Morgan fingerprint density at radius 2 is 1.88 bits per heavy atom. The number of methoxy groups -OCH3 is 2. The lowest BCUT2D eigenvalue weighted by molar-refractivity contribution is 0.253. The van der Waals surface area contributed by atoms with Crippen LogP contribution in [0.5, 0.6) is 11.6 Å². The SMILES string of the molecule is COc1ccc(N2C(=O)N(Cc3c(F)cccc3Cl)c3ncccc3S2(=O)=O)nc1OC. The number of fused-ring (bicyclic) bond motifs is 1. The van der Waals surface area contributed by atoms with E-state index in [-0.39, 0.29) is 45.3 Å². The average Bonchev–Trinajstić information content (AvgIpc) is 2.78. The third-order valence-electron chi connectivity index (χ3n) is 4.74. The molecule has 166 valence electrons. The number of hydrogen-bond acceptors (Lipinski definition) is 7. The zero-order valence-electron chi connectivity index (χ0n) is 16.8. The number of carbonyl (C=O) groups excluding carboxylic acids is 1. The van der Waals surface area contributed by atoms with Crippen LogP contribution in [0.2, 0.25) is 5.02 Å². The van der Waals surface area contributed by atoms with Crippen LogP contribution in [0.4, 0.5) is 20.8 Å². The Balaban J connectivity index is 1.89. The molecule has 1 aliphatic heterocycles. The number of rotatable bonds is 5. The average molecular weight is 479 g/mol. The Hall–Kier alpha value is -3.44. The van der Waals surface area contributed by atoms with E-state index >= 15 is 0 Å². The lowest BCUT2D eigenvalue weighted by Crippen LogP contribution is -2.51. The topological polar surface area (TPSA) is 102 Å². The quantitative estimate of drug-likeness (QED) is 0.551. The fraction of sp³-hybridized carbons (Fsp3) is 0.150. The summed E-state index contributed by atoms with van der Waals surface area (Å²) in [5.41, 5.74) is 0.0126. The number of pyridine rings is 2. The van der Waals surface area contributed by atoms with Crippen molar-refractivity contribution in [3.8, 4) is 11.6 Å². The van der Waals surface area contributed by atoms with Gasteiger partial charge in [-0.05, 0) is 36.4 Å². The zero-order valence-corrected chi connectivity index (χ0v) is 18.4. The summed E-state index contributed by atoms with van der Waals surface area (Å²) in [5.74, 6) is -0.795. The fourth-order valence-corrected chi connectivity index (χ4v) is 4.94. The third-order valence-corrected chi connectivity index (χ3v) is 6.79. The van der Waals surface area contributed by atoms with Crippen molar-refractivity contribution in [3.05, 3.63) is 65.1 Å². The molecule has 3 aromatic rings. The summed E-state index contributed by atoms with van der Waals surface area (Å²) in [4.78, 5) is 22.4. The minimum atomic E-state index is -4.38. The Bertz CT molecular complexity index is 1300. The molecule has 0 saturated carbocycles. The van der Waals surface area contributed by atoms with Crippen LogP contribution < -0.4 is 18.7 Å². The molecule has 0 aliphatic carbocycles. The van der Waals surface area contributed by atoms with Gasteiger partial charge in [0.2, 0.25) is 0 Å². The maximum Gasteiger partial charge on any atom is 0.346 e. The van der Waals surface area contributed by atoms with Crippen molar-refractivity contribution in [1.82, 2.24) is 9.97 Å². The van der Waals surface area contributed by atoms with Crippen LogP contribution in [0, 0.1) is 5.82 Å². The summed E-state index contributed by atoms with van der Waals surface area (Å²) in [7, 11) is -1.66. The number of aromatic nitrogens is 2. The highest BCUT2D eigenvalue weighted by Crippen LogP contribution is 2.38. The van der Waals surface area contributed by atoms with E-state index < -0.39 is 21.9 Å². The molecule has 9 nitrogen and oxygen atoms in total. The largest absolute Gasteiger partial charge is 0.491 e. The lowest BCUT2D eigenvalue weighted by atomic mass is 10.2. The maximum absolute atomic E-state index is 14.4. The van der Waals surface area contributed by atoms with E-state index in [0.29, 0.717) is 4.31 Å². The Morgan fingerprint density at radius 1 is 1.09 bits per heavy atom. The molecule has 0 atom stereocenters. The monoisotopic (exact) mass is 478 g/mol. The molecule has 2 amide bonds. The smallest absolute Gasteiger partial charge is 0.346 e. The van der Waals surface area contributed by atoms with Crippen molar-refractivity contribution in [1.29, 1.82) is 0 Å². The van der Waals surface area contributed by atoms with Crippen LogP contribution in [-0.4, -0.2) is 38.6 Å². The minimum absolute atomic E-state index is 0.0126. The number of sulfonamides is 1. The molecular weight excluding hydrogens is 463 g/mol. The molecule has 2 aromatic heterocycles. The first-order valence-corrected chi connectivity index (χ1v) is 10.9. The molecule has 4 rings (SSSR count). The number of anilines is 2. The molecule has 0 radical (unpaired) electrons. The Morgan fingerprint density at radius 3 is 2.56 bits per heavy atom. The van der Waals surface area contributed by atoms with Gasteiger partial charge >= 0.3 is 6.03 Å². The van der Waals surface area contributed by atoms with Crippen molar-refractivity contribution in [2.45, 2.75) is 11.4 Å². The first-order chi connectivity index (χ1) is 15.3. The van der Waals surface area contributed by atoms with Gasteiger partial charge in [-0.25, -0.2) is 22.6 Å². The first kappa shape index (κ1) is 21.8. The van der Waals surface area contributed by atoms with E-state index in [1.165, 1.54) is 62.9 Å². The van der Waals surface area contributed by atoms with E-state index in [1.54, 1.807) is 0 Å². The summed E-state index contributed by atoms with van der Waals surface area (Å²) in [5, 5.41) is 0.0829. The summed E-state index contributed by atoms with van der Waals surface area (Å²) in [6.45, 7) is -0.354. The maximum atomic E-state index is 14.4. The van der Waals surface area contributed by atoms with E-state index in [4.69, 9.17) is 21.1 Å². The molecule has 0 fully saturated rings. The van der Waals surface area contributed by atoms with Gasteiger partial charge < -0.3 is 9.47 Å². The number of urea groups is 1. The van der Waals surface area contributed by atoms with Crippen LogP contribution in [0.3, 0.4) is 0 Å². The van der Waals surface area contributed by atoms with Gasteiger partial charge in [-0.3, -0.25) is 4.90 Å². The molecule has 3 heterocycles. The molecular formula is C20H16ClFN4O5S. The normalized spacial score (nSPS) is 14.8. The van der Waals surface area contributed by atoms with Crippen molar-refractivity contribution < 1.29 is 27.1 Å². The number of halogens is 2. The molecule has 32 heavy (non-hydrogen) atoms. The predicted octanol–water partition coefficient (Wildman–Crippen LogP) is 3.62. The Labute approximate surface area is 188 Å². The standard InChI is InChI=1S/C20H16ClFN4O5S/c1-30-15-8-9-17(24-19(15)31-2)26-20(27)25(11-12-13(21)5-3-6-14(12)22)18-16(32(26,28)29)7-4-10-23-18/h3-10H,11H2,1-2H3. The van der Waals surface area contributed by atoms with Gasteiger partial charge in [0.1, 0.15) is 10.7 Å². The van der Waals surface area contributed by atoms with E-state index in [1.807, 2.05) is 0 Å². The molecule has 0 bridgehead atoms. The summed E-state index contributed by atoms with van der Waals surface area (Å²) in [6, 6.07) is 8.52. The van der Waals surface area contributed by atoms with Gasteiger partial charge in [0.15, 0.2) is 17.4 Å². The zero-order chi connectivity index (χ0) is 23.0. The highest BCUT2D eigenvalue weighted by atomic mass is 35.5. The highest BCUT2D eigenvalue weighted by molar-refractivity contribution is 7.94. The molecule has 0 saturated heterocycles. The second-order valence-corrected chi connectivity index (χ2v) is 8.71. The predicted molar refractivity (Wildman–Crippen MR) is 114 cm³/mol. The van der Waals surface area contributed by atoms with Gasteiger partial charge in [-0.1, -0.05) is 17.7 Å². The van der Waals surface area contributed by atoms with Gasteiger partial charge in [0.25, 0.3) is 15.9 Å². The summed E-state index contributed by atoms with van der Waals surface area (Å²) < 4.78 is 51.9. The molecule has 0 unspecified atom stereocenters. The van der Waals surface area contributed by atoms with Crippen LogP contribution in [0.15, 0.2) is 53.6 Å². The van der Waals surface area contributed by atoms with E-state index in [9.17, 15) is 17.6 Å². The minimum Gasteiger partial charge on any atom is -0.491 e. The summed E-state index contributed by atoms with van der Waals surface area (Å²) >= 11 is 6.13. The number of nitrogens with zero attached hydrogens (tertiary/aromatic N) is 4. The molecule has 0 spiro atoms. The van der Waals surface area contributed by atoms with Gasteiger partial charge in [0.05, 0.1) is 20.8 Å². The van der Waals surface area contributed by atoms with Crippen LogP contribution >= 0.6 is 11.6 Å². The summed E-state index contributed by atoms with van der Waals surface area (Å²) in [6.07, 6.45) is 1.34. The van der Waals surface area contributed by atoms with Gasteiger partial charge in [-0.2, -0.15) is 9.29 Å². The molecule has 0 N–H and O–H groups in total. The van der Waals surface area contributed by atoms with Crippen LogP contribution in [0.1, 0.15) is 5.56 Å². The van der Waals surface area contributed by atoms with Crippen LogP contribution in [-0.2, 0) is 16.6 Å². The fourth-order valence-electron chi connectivity index (χ4n) is 3.23. The van der Waals surface area contributed by atoms with Crippen molar-refractivity contribution in [2.24, 2.45) is 0 Å². The van der Waals surface area contributed by atoms with Crippen molar-refractivity contribution >= 4 is 39.3 Å². The van der Waals surface area contributed by atoms with E-state index in [0.717, 1.165) is 4.90 Å². The molecule has 1 aliphatic rings. The molecule has 1 aromatic carbocycles. The van der Waals surface area contributed by atoms with Crippen molar-refractivity contribution in [2.75, 3.05) is 23.4 Å². The Kier molecular flexibility index (Phi) is 5.61. The van der Waals surface area contributed by atoms with Crippen molar-refractivity contribution in [3.63, 3.8) is 0 Å². The first-order valence-electron chi connectivity index (χ1n) is 9.13. The number of benzene rings is 1. The van der Waals surface area contributed by atoms with Gasteiger partial charge in [-0.15, -0.1) is 0 Å². The highest BCUT2D eigenvalue weighted by Gasteiger charge is 2.44. The van der Waals surface area contributed by atoms with E-state index in [2.05, 4.69) is 9.97 Å². The molecule has 12 heteroatoms. The van der Waals surface area contributed by atoms with Crippen LogP contribution in [0.25, 0.3) is 0 Å². The third kappa shape index (κ3) is 3.49.